The standard InChI is InChI=1S/C15H22ClN3O.HI/c1-2-17-15(18-9-11-7-8-11)19-10-14(20)12-5-3-4-6-13(12)16;/h3-6,11,14,20H,2,7-10H2,1H3,(H2,17,18,19);1H. The van der Waals surface area contributed by atoms with Crippen molar-refractivity contribution >= 4 is 41.5 Å². The summed E-state index contributed by atoms with van der Waals surface area (Å²) < 4.78 is 0. The second kappa shape index (κ2) is 9.48. The summed E-state index contributed by atoms with van der Waals surface area (Å²) >= 11 is 6.07. The number of nitrogens with one attached hydrogen (secondary N) is 2. The third-order valence-electron chi connectivity index (χ3n) is 3.29. The van der Waals surface area contributed by atoms with E-state index in [9.17, 15) is 5.11 Å². The third kappa shape index (κ3) is 6.40. The molecule has 0 bridgehead atoms. The molecule has 118 valence electrons. The van der Waals surface area contributed by atoms with Crippen LogP contribution in [0.4, 0.5) is 0 Å². The van der Waals surface area contributed by atoms with Crippen molar-refractivity contribution < 1.29 is 5.11 Å². The Labute approximate surface area is 148 Å². The van der Waals surface area contributed by atoms with Crippen LogP contribution in [-0.4, -0.2) is 30.7 Å². The monoisotopic (exact) mass is 423 g/mol. The summed E-state index contributed by atoms with van der Waals surface area (Å²) in [6.07, 6.45) is 1.92. The number of halogens is 2. The number of nitrogens with zero attached hydrogens (tertiary/aromatic N) is 1. The van der Waals surface area contributed by atoms with Gasteiger partial charge >= 0.3 is 0 Å². The lowest BCUT2D eigenvalue weighted by Crippen LogP contribution is -2.38. The molecule has 0 radical (unpaired) electrons. The Kier molecular flexibility index (Phi) is 8.36. The molecule has 1 saturated carbocycles. The molecule has 0 saturated heterocycles. The van der Waals surface area contributed by atoms with E-state index in [4.69, 9.17) is 11.6 Å². The fraction of sp³-hybridized carbons (Fsp3) is 0.533. The van der Waals surface area contributed by atoms with Crippen molar-refractivity contribution in [2.24, 2.45) is 10.9 Å². The van der Waals surface area contributed by atoms with Crippen molar-refractivity contribution in [2.75, 3.05) is 19.6 Å². The predicted molar refractivity (Wildman–Crippen MR) is 98.5 cm³/mol. The van der Waals surface area contributed by atoms with Crippen LogP contribution in [-0.2, 0) is 0 Å². The molecule has 1 aliphatic rings. The second-order valence-electron chi connectivity index (χ2n) is 5.08. The fourth-order valence-electron chi connectivity index (χ4n) is 1.93. The van der Waals surface area contributed by atoms with Gasteiger partial charge in [-0.05, 0) is 31.7 Å². The lowest BCUT2D eigenvalue weighted by Gasteiger charge is -2.13. The summed E-state index contributed by atoms with van der Waals surface area (Å²) in [7, 11) is 0. The van der Waals surface area contributed by atoms with Crippen LogP contribution in [0, 0.1) is 5.92 Å². The molecule has 2 rings (SSSR count). The number of aliphatic hydroxyl groups excluding tert-OH is 1. The van der Waals surface area contributed by atoms with E-state index in [0.29, 0.717) is 11.6 Å². The van der Waals surface area contributed by atoms with Gasteiger partial charge in [-0.25, -0.2) is 0 Å². The molecule has 0 aromatic heterocycles. The quantitative estimate of drug-likeness (QED) is 0.375. The van der Waals surface area contributed by atoms with E-state index >= 15 is 0 Å². The van der Waals surface area contributed by atoms with Crippen molar-refractivity contribution in [3.05, 3.63) is 34.9 Å². The molecule has 0 amide bonds. The first kappa shape index (κ1) is 18.5. The van der Waals surface area contributed by atoms with Crippen molar-refractivity contribution in [1.29, 1.82) is 0 Å². The van der Waals surface area contributed by atoms with Crippen LogP contribution in [0.5, 0.6) is 0 Å². The molecule has 21 heavy (non-hydrogen) atoms. The smallest absolute Gasteiger partial charge is 0.191 e. The number of hydrogen-bond acceptors (Lipinski definition) is 2. The zero-order chi connectivity index (χ0) is 14.4. The van der Waals surface area contributed by atoms with Crippen molar-refractivity contribution in [2.45, 2.75) is 25.9 Å². The molecule has 0 spiro atoms. The summed E-state index contributed by atoms with van der Waals surface area (Å²) in [5, 5.41) is 17.2. The molecule has 1 aliphatic carbocycles. The Morgan fingerprint density at radius 3 is 2.71 bits per heavy atom. The number of guanidine groups is 1. The van der Waals surface area contributed by atoms with Gasteiger partial charge < -0.3 is 15.7 Å². The van der Waals surface area contributed by atoms with Gasteiger partial charge in [-0.3, -0.25) is 4.99 Å². The van der Waals surface area contributed by atoms with Crippen LogP contribution >= 0.6 is 35.6 Å². The molecule has 3 N–H and O–H groups in total. The molecule has 1 unspecified atom stereocenters. The highest BCUT2D eigenvalue weighted by atomic mass is 127. The Bertz CT molecular complexity index is 466. The van der Waals surface area contributed by atoms with Crippen LogP contribution in [0.2, 0.25) is 5.02 Å². The van der Waals surface area contributed by atoms with E-state index in [0.717, 1.165) is 30.5 Å². The number of benzene rings is 1. The number of hydrogen-bond donors (Lipinski definition) is 3. The van der Waals surface area contributed by atoms with E-state index in [1.165, 1.54) is 12.8 Å². The SMILES string of the molecule is CCNC(=NCC(O)c1ccccc1Cl)NCC1CC1.I. The Morgan fingerprint density at radius 1 is 1.38 bits per heavy atom. The maximum atomic E-state index is 10.2. The number of aliphatic imine (C=N–C) groups is 1. The molecular weight excluding hydrogens is 401 g/mol. The lowest BCUT2D eigenvalue weighted by atomic mass is 10.1. The average Bonchev–Trinajstić information content (AvgIpc) is 3.26. The highest BCUT2D eigenvalue weighted by Gasteiger charge is 2.21. The summed E-state index contributed by atoms with van der Waals surface area (Å²) in [5.41, 5.74) is 0.718. The first-order valence-corrected chi connectivity index (χ1v) is 7.53. The van der Waals surface area contributed by atoms with Gasteiger partial charge in [0.05, 0.1) is 6.54 Å². The number of rotatable bonds is 6. The van der Waals surface area contributed by atoms with Crippen LogP contribution in [0.15, 0.2) is 29.3 Å². The average molecular weight is 424 g/mol. The van der Waals surface area contributed by atoms with Gasteiger partial charge in [-0.15, -0.1) is 24.0 Å². The minimum atomic E-state index is -0.680. The van der Waals surface area contributed by atoms with Gasteiger partial charge in [0.15, 0.2) is 5.96 Å². The fourth-order valence-corrected chi connectivity index (χ4v) is 2.19. The van der Waals surface area contributed by atoms with Gasteiger partial charge in [0, 0.05) is 23.7 Å². The second-order valence-corrected chi connectivity index (χ2v) is 5.49. The van der Waals surface area contributed by atoms with Crippen LogP contribution < -0.4 is 10.6 Å². The Morgan fingerprint density at radius 2 is 2.10 bits per heavy atom. The van der Waals surface area contributed by atoms with Crippen LogP contribution in [0.3, 0.4) is 0 Å². The van der Waals surface area contributed by atoms with E-state index in [-0.39, 0.29) is 24.0 Å². The summed E-state index contributed by atoms with van der Waals surface area (Å²) in [6.45, 7) is 4.08. The summed E-state index contributed by atoms with van der Waals surface area (Å²) in [6, 6.07) is 7.32. The first-order valence-electron chi connectivity index (χ1n) is 7.15. The predicted octanol–water partition coefficient (Wildman–Crippen LogP) is 2.96. The highest BCUT2D eigenvalue weighted by Crippen LogP contribution is 2.27. The van der Waals surface area contributed by atoms with Gasteiger partial charge in [0.1, 0.15) is 6.10 Å². The van der Waals surface area contributed by atoms with E-state index in [1.807, 2.05) is 25.1 Å². The largest absolute Gasteiger partial charge is 0.386 e. The van der Waals surface area contributed by atoms with Crippen LogP contribution in [0.25, 0.3) is 0 Å². The molecule has 4 nitrogen and oxygen atoms in total. The van der Waals surface area contributed by atoms with E-state index in [2.05, 4.69) is 15.6 Å². The molecular formula is C15H23ClIN3O. The highest BCUT2D eigenvalue weighted by molar-refractivity contribution is 14.0. The van der Waals surface area contributed by atoms with Crippen LogP contribution in [0.1, 0.15) is 31.4 Å². The Balaban J connectivity index is 0.00000220. The topological polar surface area (TPSA) is 56.7 Å². The molecule has 6 heteroatoms. The normalized spacial score (nSPS) is 16.0. The minimum Gasteiger partial charge on any atom is -0.386 e. The van der Waals surface area contributed by atoms with Crippen molar-refractivity contribution in [3.8, 4) is 0 Å². The number of aliphatic hydroxyl groups is 1. The van der Waals surface area contributed by atoms with E-state index in [1.54, 1.807) is 6.07 Å². The van der Waals surface area contributed by atoms with Gasteiger partial charge in [-0.2, -0.15) is 0 Å². The summed E-state index contributed by atoms with van der Waals surface area (Å²) in [4.78, 5) is 4.42. The van der Waals surface area contributed by atoms with Crippen molar-refractivity contribution in [3.63, 3.8) is 0 Å². The molecule has 1 aromatic carbocycles. The Hall–Kier alpha value is -0.530. The molecule has 1 atom stereocenters. The lowest BCUT2D eigenvalue weighted by molar-refractivity contribution is 0.187. The first-order chi connectivity index (χ1) is 9.70. The van der Waals surface area contributed by atoms with Gasteiger partial charge in [0.2, 0.25) is 0 Å². The van der Waals surface area contributed by atoms with Gasteiger partial charge in [-0.1, -0.05) is 29.8 Å². The summed E-state index contributed by atoms with van der Waals surface area (Å²) in [5.74, 6) is 1.54. The molecule has 0 aliphatic heterocycles. The maximum absolute atomic E-state index is 10.2. The minimum absolute atomic E-state index is 0. The maximum Gasteiger partial charge on any atom is 0.191 e. The van der Waals surface area contributed by atoms with E-state index < -0.39 is 6.10 Å². The zero-order valence-electron chi connectivity index (χ0n) is 12.2. The third-order valence-corrected chi connectivity index (χ3v) is 3.63. The zero-order valence-corrected chi connectivity index (χ0v) is 15.3. The van der Waals surface area contributed by atoms with Crippen molar-refractivity contribution in [1.82, 2.24) is 10.6 Å². The molecule has 1 fully saturated rings. The molecule has 1 aromatic rings. The molecule has 0 heterocycles. The van der Waals surface area contributed by atoms with Gasteiger partial charge in [0.25, 0.3) is 0 Å².